The van der Waals surface area contributed by atoms with Crippen LogP contribution >= 0.6 is 0 Å². The number of likely N-dealkylation sites (N-methyl/N-ethyl adjacent to an activating group) is 1. The van der Waals surface area contributed by atoms with Crippen molar-refractivity contribution in [3.8, 4) is 6.07 Å². The van der Waals surface area contributed by atoms with Crippen LogP contribution in [0.4, 0.5) is 0 Å². The molecular formula is C14H16N2O. The van der Waals surface area contributed by atoms with E-state index in [1.165, 1.54) is 12.8 Å². The smallest absolute Gasteiger partial charge is 0.176 e. The van der Waals surface area contributed by atoms with Crippen molar-refractivity contribution in [3.05, 3.63) is 35.4 Å². The van der Waals surface area contributed by atoms with Gasteiger partial charge in [0.15, 0.2) is 5.78 Å². The van der Waals surface area contributed by atoms with Crippen LogP contribution in [0.5, 0.6) is 0 Å². The van der Waals surface area contributed by atoms with Crippen molar-refractivity contribution < 1.29 is 4.79 Å². The van der Waals surface area contributed by atoms with Crippen molar-refractivity contribution in [2.24, 2.45) is 0 Å². The number of hydrogen-bond acceptors (Lipinski definition) is 3. The number of benzene rings is 1. The molecule has 17 heavy (non-hydrogen) atoms. The second kappa shape index (κ2) is 5.11. The van der Waals surface area contributed by atoms with E-state index >= 15 is 0 Å². The number of carbonyl (C=O) groups is 1. The fourth-order valence-corrected chi connectivity index (χ4v) is 1.95. The second-order valence-corrected chi connectivity index (χ2v) is 4.41. The zero-order valence-electron chi connectivity index (χ0n) is 10.0. The Morgan fingerprint density at radius 3 is 2.53 bits per heavy atom. The highest BCUT2D eigenvalue weighted by Gasteiger charge is 2.29. The quantitative estimate of drug-likeness (QED) is 0.726. The fraction of sp³-hybridized carbons (Fsp3) is 0.429. The molecule has 0 aliphatic heterocycles. The summed E-state index contributed by atoms with van der Waals surface area (Å²) in [6, 6.07) is 9.53. The van der Waals surface area contributed by atoms with Crippen LogP contribution in [0.2, 0.25) is 0 Å². The largest absolute Gasteiger partial charge is 0.293 e. The maximum atomic E-state index is 12.0. The lowest BCUT2D eigenvalue weighted by Crippen LogP contribution is -2.31. The van der Waals surface area contributed by atoms with Gasteiger partial charge in [-0.15, -0.1) is 0 Å². The summed E-state index contributed by atoms with van der Waals surface area (Å²) in [6.07, 6.45) is 2.43. The van der Waals surface area contributed by atoms with Gasteiger partial charge in [-0.3, -0.25) is 9.69 Å². The lowest BCUT2D eigenvalue weighted by molar-refractivity contribution is 0.0928. The SMILES string of the molecule is CCN(CC(=O)c1ccc(C#N)cc1)C1CC1. The molecule has 0 amide bonds. The molecule has 1 saturated carbocycles. The molecule has 0 heterocycles. The van der Waals surface area contributed by atoms with Gasteiger partial charge in [0.05, 0.1) is 18.2 Å². The summed E-state index contributed by atoms with van der Waals surface area (Å²) in [4.78, 5) is 14.2. The molecule has 0 aromatic heterocycles. The molecule has 0 saturated heterocycles. The molecule has 1 aromatic carbocycles. The normalized spacial score (nSPS) is 14.6. The van der Waals surface area contributed by atoms with Gasteiger partial charge in [-0.2, -0.15) is 5.26 Å². The number of carbonyl (C=O) groups excluding carboxylic acids is 1. The lowest BCUT2D eigenvalue weighted by atomic mass is 10.1. The Hall–Kier alpha value is -1.66. The molecule has 3 nitrogen and oxygen atoms in total. The molecule has 0 bridgehead atoms. The molecule has 0 N–H and O–H groups in total. The van der Waals surface area contributed by atoms with Gasteiger partial charge in [0, 0.05) is 11.6 Å². The van der Waals surface area contributed by atoms with E-state index < -0.39 is 0 Å². The minimum Gasteiger partial charge on any atom is -0.293 e. The lowest BCUT2D eigenvalue weighted by Gasteiger charge is -2.18. The third-order valence-electron chi connectivity index (χ3n) is 3.15. The summed E-state index contributed by atoms with van der Waals surface area (Å²) in [7, 11) is 0. The number of hydrogen-bond donors (Lipinski definition) is 0. The van der Waals surface area contributed by atoms with E-state index in [0.29, 0.717) is 23.7 Å². The van der Waals surface area contributed by atoms with Gasteiger partial charge in [0.25, 0.3) is 0 Å². The van der Waals surface area contributed by atoms with Gasteiger partial charge in [-0.05, 0) is 31.5 Å². The van der Waals surface area contributed by atoms with E-state index in [4.69, 9.17) is 5.26 Å². The van der Waals surface area contributed by atoms with E-state index in [0.717, 1.165) is 6.54 Å². The first-order chi connectivity index (χ1) is 8.24. The first kappa shape index (κ1) is 11.8. The molecule has 0 unspecified atom stereocenters. The van der Waals surface area contributed by atoms with Crippen LogP contribution < -0.4 is 0 Å². The number of nitrogens with zero attached hydrogens (tertiary/aromatic N) is 2. The van der Waals surface area contributed by atoms with Crippen LogP contribution in [0.15, 0.2) is 24.3 Å². The first-order valence-electron chi connectivity index (χ1n) is 6.02. The van der Waals surface area contributed by atoms with Gasteiger partial charge in [0.2, 0.25) is 0 Å². The molecular weight excluding hydrogens is 212 g/mol. The zero-order chi connectivity index (χ0) is 12.3. The van der Waals surface area contributed by atoms with Crippen LogP contribution in [0.3, 0.4) is 0 Å². The number of ketones is 1. The molecule has 0 radical (unpaired) electrons. The van der Waals surface area contributed by atoms with E-state index in [2.05, 4.69) is 17.9 Å². The Balaban J connectivity index is 2.01. The molecule has 2 rings (SSSR count). The number of rotatable bonds is 5. The summed E-state index contributed by atoms with van der Waals surface area (Å²) in [6.45, 7) is 3.50. The van der Waals surface area contributed by atoms with Gasteiger partial charge in [-0.25, -0.2) is 0 Å². The van der Waals surface area contributed by atoms with Gasteiger partial charge >= 0.3 is 0 Å². The highest BCUT2D eigenvalue weighted by atomic mass is 16.1. The van der Waals surface area contributed by atoms with Crippen LogP contribution in [0, 0.1) is 11.3 Å². The predicted octanol–water partition coefficient (Wildman–Crippen LogP) is 2.23. The zero-order valence-corrected chi connectivity index (χ0v) is 10.0. The summed E-state index contributed by atoms with van der Waals surface area (Å²) < 4.78 is 0. The molecule has 88 valence electrons. The monoisotopic (exact) mass is 228 g/mol. The molecule has 3 heteroatoms. The van der Waals surface area contributed by atoms with Crippen molar-refractivity contribution >= 4 is 5.78 Å². The molecule has 1 aromatic rings. The van der Waals surface area contributed by atoms with Gasteiger partial charge in [0.1, 0.15) is 0 Å². The minimum atomic E-state index is 0.142. The standard InChI is InChI=1S/C14H16N2O/c1-2-16(13-7-8-13)10-14(17)12-5-3-11(9-15)4-6-12/h3-6,13H,2,7-8,10H2,1H3. The summed E-state index contributed by atoms with van der Waals surface area (Å²) >= 11 is 0. The van der Waals surface area contributed by atoms with Gasteiger partial charge < -0.3 is 0 Å². The Kier molecular flexibility index (Phi) is 3.55. The van der Waals surface area contributed by atoms with Crippen LogP contribution in [0.1, 0.15) is 35.7 Å². The summed E-state index contributed by atoms with van der Waals surface area (Å²) in [5.41, 5.74) is 1.29. The number of Topliss-reactive ketones (excluding diaryl/α,β-unsaturated/α-hetero) is 1. The third kappa shape index (κ3) is 2.92. The summed E-state index contributed by atoms with van der Waals surface area (Å²) in [5.74, 6) is 0.142. The maximum absolute atomic E-state index is 12.0. The van der Waals surface area contributed by atoms with Gasteiger partial charge in [-0.1, -0.05) is 19.1 Å². The molecule has 0 spiro atoms. The Labute approximate surface area is 102 Å². The second-order valence-electron chi connectivity index (χ2n) is 4.41. The average molecular weight is 228 g/mol. The highest BCUT2D eigenvalue weighted by Crippen LogP contribution is 2.26. The molecule has 1 aliphatic carbocycles. The van der Waals surface area contributed by atoms with Crippen molar-refractivity contribution in [2.75, 3.05) is 13.1 Å². The summed E-state index contributed by atoms with van der Waals surface area (Å²) in [5, 5.41) is 8.69. The topological polar surface area (TPSA) is 44.1 Å². The fourth-order valence-electron chi connectivity index (χ4n) is 1.95. The third-order valence-corrected chi connectivity index (χ3v) is 3.15. The highest BCUT2D eigenvalue weighted by molar-refractivity contribution is 5.97. The minimum absolute atomic E-state index is 0.142. The first-order valence-corrected chi connectivity index (χ1v) is 6.02. The predicted molar refractivity (Wildman–Crippen MR) is 65.8 cm³/mol. The van der Waals surface area contributed by atoms with E-state index in [-0.39, 0.29) is 5.78 Å². The van der Waals surface area contributed by atoms with Crippen molar-refractivity contribution in [2.45, 2.75) is 25.8 Å². The van der Waals surface area contributed by atoms with Crippen molar-refractivity contribution in [1.29, 1.82) is 5.26 Å². The van der Waals surface area contributed by atoms with Crippen molar-refractivity contribution in [1.82, 2.24) is 4.90 Å². The maximum Gasteiger partial charge on any atom is 0.176 e. The average Bonchev–Trinajstić information content (AvgIpc) is 3.20. The Morgan fingerprint density at radius 1 is 1.41 bits per heavy atom. The van der Waals surface area contributed by atoms with E-state index in [1.807, 2.05) is 0 Å². The van der Waals surface area contributed by atoms with Crippen LogP contribution in [-0.2, 0) is 0 Å². The van der Waals surface area contributed by atoms with Crippen LogP contribution in [-0.4, -0.2) is 29.8 Å². The van der Waals surface area contributed by atoms with E-state index in [1.54, 1.807) is 24.3 Å². The van der Waals surface area contributed by atoms with Crippen LogP contribution in [0.25, 0.3) is 0 Å². The Morgan fingerprint density at radius 2 is 2.06 bits per heavy atom. The van der Waals surface area contributed by atoms with E-state index in [9.17, 15) is 4.79 Å². The molecule has 1 aliphatic rings. The molecule has 0 atom stereocenters. The Bertz CT molecular complexity index is 440. The molecule has 1 fully saturated rings. The van der Waals surface area contributed by atoms with Crippen molar-refractivity contribution in [3.63, 3.8) is 0 Å². The number of nitriles is 1.